The maximum atomic E-state index is 12.7. The van der Waals surface area contributed by atoms with Crippen LogP contribution in [0, 0.1) is 0 Å². The molecule has 152 valence electrons. The van der Waals surface area contributed by atoms with Crippen LogP contribution in [0.3, 0.4) is 0 Å². The van der Waals surface area contributed by atoms with Gasteiger partial charge in [0.25, 0.3) is 11.8 Å². The van der Waals surface area contributed by atoms with Crippen LogP contribution in [-0.4, -0.2) is 35.9 Å². The molecule has 1 aliphatic heterocycles. The molecule has 1 unspecified atom stereocenters. The van der Waals surface area contributed by atoms with Crippen molar-refractivity contribution in [2.45, 2.75) is 50.7 Å². The molecule has 0 radical (unpaired) electrons. The Kier molecular flexibility index (Phi) is 5.76. The van der Waals surface area contributed by atoms with E-state index in [0.717, 1.165) is 18.4 Å². The molecule has 0 aromatic heterocycles. The maximum Gasteiger partial charge on any atom is 0.265 e. The summed E-state index contributed by atoms with van der Waals surface area (Å²) in [6.45, 7) is 0. The SMILES string of the molecule is CN(C(=O)c1ccc(NC(=O)C2Cc3cc(Cl)ccc3O2)cc1)C1CCCCC1. The Morgan fingerprint density at radius 3 is 2.52 bits per heavy atom. The number of rotatable bonds is 4. The molecule has 1 fully saturated rings. The summed E-state index contributed by atoms with van der Waals surface area (Å²) in [7, 11) is 1.88. The second-order valence-corrected chi connectivity index (χ2v) is 8.27. The summed E-state index contributed by atoms with van der Waals surface area (Å²) < 4.78 is 5.73. The van der Waals surface area contributed by atoms with Crippen LogP contribution < -0.4 is 10.1 Å². The molecule has 1 N–H and O–H groups in total. The van der Waals surface area contributed by atoms with Crippen LogP contribution >= 0.6 is 11.6 Å². The molecule has 1 atom stereocenters. The van der Waals surface area contributed by atoms with Crippen LogP contribution in [0.25, 0.3) is 0 Å². The van der Waals surface area contributed by atoms with Gasteiger partial charge >= 0.3 is 0 Å². The largest absolute Gasteiger partial charge is 0.480 e. The lowest BCUT2D eigenvalue weighted by atomic mass is 9.94. The monoisotopic (exact) mass is 412 g/mol. The van der Waals surface area contributed by atoms with E-state index in [4.69, 9.17) is 16.3 Å². The minimum absolute atomic E-state index is 0.0289. The van der Waals surface area contributed by atoms with Gasteiger partial charge in [-0.05, 0) is 60.9 Å². The summed E-state index contributed by atoms with van der Waals surface area (Å²) in [5.74, 6) is 0.512. The highest BCUT2D eigenvalue weighted by atomic mass is 35.5. The van der Waals surface area contributed by atoms with Crippen LogP contribution in [0.15, 0.2) is 42.5 Å². The van der Waals surface area contributed by atoms with E-state index in [1.54, 1.807) is 36.4 Å². The summed E-state index contributed by atoms with van der Waals surface area (Å²) in [6.07, 6.45) is 5.69. The van der Waals surface area contributed by atoms with Gasteiger partial charge in [-0.2, -0.15) is 0 Å². The van der Waals surface area contributed by atoms with Crippen molar-refractivity contribution in [2.75, 3.05) is 12.4 Å². The molecule has 2 amide bonds. The molecule has 2 aromatic rings. The zero-order chi connectivity index (χ0) is 20.4. The molecule has 0 spiro atoms. The maximum absolute atomic E-state index is 12.7. The number of ether oxygens (including phenoxy) is 1. The number of carbonyl (C=O) groups excluding carboxylic acids is 2. The van der Waals surface area contributed by atoms with Gasteiger partial charge in [0.05, 0.1) is 0 Å². The van der Waals surface area contributed by atoms with Gasteiger partial charge in [-0.3, -0.25) is 9.59 Å². The molecule has 1 heterocycles. The van der Waals surface area contributed by atoms with Crippen LogP contribution in [-0.2, 0) is 11.2 Å². The van der Waals surface area contributed by atoms with Crippen molar-refractivity contribution in [3.05, 3.63) is 58.6 Å². The first kappa shape index (κ1) is 19.8. The number of fused-ring (bicyclic) bond motifs is 1. The zero-order valence-corrected chi connectivity index (χ0v) is 17.2. The first-order valence-corrected chi connectivity index (χ1v) is 10.5. The highest BCUT2D eigenvalue weighted by molar-refractivity contribution is 6.30. The number of nitrogens with one attached hydrogen (secondary N) is 1. The normalized spacial score (nSPS) is 18.6. The third-order valence-corrected chi connectivity index (χ3v) is 6.07. The van der Waals surface area contributed by atoms with E-state index in [0.29, 0.717) is 34.5 Å². The van der Waals surface area contributed by atoms with Crippen molar-refractivity contribution in [1.82, 2.24) is 4.90 Å². The number of benzene rings is 2. The minimum atomic E-state index is -0.581. The molecule has 29 heavy (non-hydrogen) atoms. The van der Waals surface area contributed by atoms with Gasteiger partial charge < -0.3 is 15.0 Å². The Balaban J connectivity index is 1.36. The highest BCUT2D eigenvalue weighted by Crippen LogP contribution is 2.31. The smallest absolute Gasteiger partial charge is 0.265 e. The van der Waals surface area contributed by atoms with Crippen molar-refractivity contribution < 1.29 is 14.3 Å². The molecule has 0 saturated heterocycles. The van der Waals surface area contributed by atoms with Gasteiger partial charge in [-0.25, -0.2) is 0 Å². The van der Waals surface area contributed by atoms with Gasteiger partial charge in [-0.15, -0.1) is 0 Å². The van der Waals surface area contributed by atoms with E-state index in [1.165, 1.54) is 19.3 Å². The molecule has 2 aromatic carbocycles. The van der Waals surface area contributed by atoms with Crippen LogP contribution in [0.5, 0.6) is 5.75 Å². The van der Waals surface area contributed by atoms with Gasteiger partial charge in [0, 0.05) is 35.8 Å². The van der Waals surface area contributed by atoms with Crippen molar-refractivity contribution in [3.63, 3.8) is 0 Å². The summed E-state index contributed by atoms with van der Waals surface area (Å²) in [4.78, 5) is 27.2. The third kappa shape index (κ3) is 4.40. The van der Waals surface area contributed by atoms with Gasteiger partial charge in [0.2, 0.25) is 0 Å². The third-order valence-electron chi connectivity index (χ3n) is 5.83. The average molecular weight is 413 g/mol. The molecule has 6 heteroatoms. The Morgan fingerprint density at radius 1 is 1.07 bits per heavy atom. The van der Waals surface area contributed by atoms with Crippen molar-refractivity contribution >= 4 is 29.1 Å². The number of anilines is 1. The van der Waals surface area contributed by atoms with E-state index in [2.05, 4.69) is 5.32 Å². The molecular formula is C23H25ClN2O3. The molecule has 5 nitrogen and oxygen atoms in total. The van der Waals surface area contributed by atoms with E-state index >= 15 is 0 Å². The summed E-state index contributed by atoms with van der Waals surface area (Å²) >= 11 is 6.01. The second-order valence-electron chi connectivity index (χ2n) is 7.84. The van der Waals surface area contributed by atoms with Gasteiger partial charge in [0.1, 0.15) is 5.75 Å². The predicted octanol–water partition coefficient (Wildman–Crippen LogP) is 4.69. The lowest BCUT2D eigenvalue weighted by molar-refractivity contribution is -0.122. The quantitative estimate of drug-likeness (QED) is 0.792. The van der Waals surface area contributed by atoms with Crippen molar-refractivity contribution in [2.24, 2.45) is 0 Å². The van der Waals surface area contributed by atoms with Crippen LogP contribution in [0.4, 0.5) is 5.69 Å². The number of amides is 2. The van der Waals surface area contributed by atoms with E-state index < -0.39 is 6.10 Å². The fourth-order valence-electron chi connectivity index (χ4n) is 4.12. The van der Waals surface area contributed by atoms with Crippen LogP contribution in [0.1, 0.15) is 48.0 Å². The Labute approximate surface area is 176 Å². The number of carbonyl (C=O) groups is 2. The van der Waals surface area contributed by atoms with E-state index in [-0.39, 0.29) is 11.8 Å². The fraction of sp³-hybridized carbons (Fsp3) is 0.391. The molecule has 2 aliphatic rings. The van der Waals surface area contributed by atoms with Crippen LogP contribution in [0.2, 0.25) is 5.02 Å². The average Bonchev–Trinajstić information content (AvgIpc) is 3.17. The summed E-state index contributed by atoms with van der Waals surface area (Å²) in [5, 5.41) is 3.50. The fourth-order valence-corrected chi connectivity index (χ4v) is 4.31. The summed E-state index contributed by atoms with van der Waals surface area (Å²) in [6, 6.07) is 12.7. The molecule has 1 aliphatic carbocycles. The standard InChI is InChI=1S/C23H25ClN2O3/c1-26(19-5-3-2-4-6-19)23(28)15-7-10-18(11-8-15)25-22(27)21-14-16-13-17(24)9-12-20(16)29-21/h7-13,19,21H,2-6,14H2,1H3,(H,25,27). The number of nitrogens with zero attached hydrogens (tertiary/aromatic N) is 1. The number of hydrogen-bond acceptors (Lipinski definition) is 3. The summed E-state index contributed by atoms with van der Waals surface area (Å²) in [5.41, 5.74) is 2.21. The number of halogens is 1. The molecular weight excluding hydrogens is 388 g/mol. The number of hydrogen-bond donors (Lipinski definition) is 1. The van der Waals surface area contributed by atoms with E-state index in [1.807, 2.05) is 18.0 Å². The lowest BCUT2D eigenvalue weighted by Crippen LogP contribution is -2.38. The predicted molar refractivity (Wildman–Crippen MR) is 114 cm³/mol. The van der Waals surface area contributed by atoms with Crippen molar-refractivity contribution in [1.29, 1.82) is 0 Å². The Bertz CT molecular complexity index is 907. The molecule has 0 bridgehead atoms. The van der Waals surface area contributed by atoms with E-state index in [9.17, 15) is 9.59 Å². The first-order chi connectivity index (χ1) is 14.0. The first-order valence-electron chi connectivity index (χ1n) is 10.1. The molecule has 1 saturated carbocycles. The van der Waals surface area contributed by atoms with Gasteiger partial charge in [-0.1, -0.05) is 30.9 Å². The zero-order valence-electron chi connectivity index (χ0n) is 16.5. The molecule has 4 rings (SSSR count). The topological polar surface area (TPSA) is 58.6 Å². The van der Waals surface area contributed by atoms with Crippen molar-refractivity contribution in [3.8, 4) is 5.75 Å². The highest BCUT2D eigenvalue weighted by Gasteiger charge is 2.29. The lowest BCUT2D eigenvalue weighted by Gasteiger charge is -2.31. The second kappa shape index (κ2) is 8.46. The Hall–Kier alpha value is -2.53. The minimum Gasteiger partial charge on any atom is -0.480 e. The Morgan fingerprint density at radius 2 is 1.79 bits per heavy atom. The van der Waals surface area contributed by atoms with Gasteiger partial charge in [0.15, 0.2) is 6.10 Å².